The van der Waals surface area contributed by atoms with Crippen molar-refractivity contribution in [1.29, 1.82) is 0 Å². The molecule has 1 rings (SSSR count). The van der Waals surface area contributed by atoms with E-state index in [9.17, 15) is 30.4 Å². The van der Waals surface area contributed by atoms with Gasteiger partial charge in [0.05, 0.1) is 18.7 Å². The van der Waals surface area contributed by atoms with Crippen molar-refractivity contribution in [2.24, 2.45) is 0 Å². The molecule has 6 N–H and O–H groups in total. The van der Waals surface area contributed by atoms with Crippen LogP contribution in [-0.2, 0) is 4.74 Å². The lowest BCUT2D eigenvalue weighted by Crippen LogP contribution is -2.51. The second kappa shape index (κ2) is 8.34. The fourth-order valence-electron chi connectivity index (χ4n) is 3.13. The second-order valence-electron chi connectivity index (χ2n) is 8.03. The van der Waals surface area contributed by atoms with E-state index in [0.717, 1.165) is 9.96 Å². The van der Waals surface area contributed by atoms with Crippen molar-refractivity contribution in [3.8, 4) is 0 Å². The summed E-state index contributed by atoms with van der Waals surface area (Å²) in [6.45, 7) is 5.97. The number of carbonyl (C=O) groups excluding carboxylic acids is 1. The van der Waals surface area contributed by atoms with Gasteiger partial charge in [-0.3, -0.25) is 0 Å². The molecule has 10 nitrogen and oxygen atoms in total. The molecule has 1 heterocycles. The van der Waals surface area contributed by atoms with Gasteiger partial charge in [-0.05, 0) is 27.7 Å². The number of nitrogens with zero attached hydrogens (tertiary/aromatic N) is 2. The van der Waals surface area contributed by atoms with Crippen LogP contribution >= 0.6 is 0 Å². The molecule has 0 aliphatic carbocycles. The summed E-state index contributed by atoms with van der Waals surface area (Å²) >= 11 is 0. The molecule has 0 spiro atoms. The number of likely N-dealkylation sites (N-methyl/N-ethyl adjacent to an activating group) is 1. The van der Waals surface area contributed by atoms with Crippen molar-refractivity contribution in [1.82, 2.24) is 9.96 Å². The Labute approximate surface area is 153 Å². The zero-order valence-electron chi connectivity index (χ0n) is 15.9. The summed E-state index contributed by atoms with van der Waals surface area (Å²) in [6.07, 6.45) is -7.67. The molecule has 0 saturated carbocycles. The van der Waals surface area contributed by atoms with Crippen molar-refractivity contribution in [2.45, 2.75) is 75.7 Å². The Bertz CT molecular complexity index is 487. The molecule has 5 unspecified atom stereocenters. The molecule has 26 heavy (non-hydrogen) atoms. The maximum absolute atomic E-state index is 12.3. The second-order valence-corrected chi connectivity index (χ2v) is 8.03. The van der Waals surface area contributed by atoms with E-state index >= 15 is 0 Å². The molecule has 5 atom stereocenters. The number of aliphatic hydroxyl groups excluding tert-OH is 5. The lowest BCUT2D eigenvalue weighted by Gasteiger charge is -2.35. The molecule has 1 aliphatic rings. The number of hydroxylamine groups is 2. The minimum Gasteiger partial charge on any atom is -0.444 e. The molecule has 0 aromatic carbocycles. The number of amides is 1. The van der Waals surface area contributed by atoms with Gasteiger partial charge in [-0.1, -0.05) is 0 Å². The van der Waals surface area contributed by atoms with Crippen LogP contribution in [0.15, 0.2) is 0 Å². The first kappa shape index (κ1) is 23.0. The molecule has 1 saturated heterocycles. The highest BCUT2D eigenvalue weighted by atomic mass is 16.6. The van der Waals surface area contributed by atoms with Gasteiger partial charge in [0.25, 0.3) is 0 Å². The maximum atomic E-state index is 12.3. The third kappa shape index (κ3) is 4.83. The summed E-state index contributed by atoms with van der Waals surface area (Å²) < 4.78 is 5.44. The number of hydrogen-bond donors (Lipinski definition) is 6. The SMILES string of the molecule is CN(CC(O)C(O)C(O)C(O)CO)C(=O)OC1CC(C)(C)N(O)C1(C)C. The largest absolute Gasteiger partial charge is 0.444 e. The van der Waals surface area contributed by atoms with Gasteiger partial charge >= 0.3 is 6.09 Å². The van der Waals surface area contributed by atoms with Gasteiger partial charge in [-0.2, -0.15) is 5.06 Å². The van der Waals surface area contributed by atoms with E-state index in [2.05, 4.69) is 0 Å². The molecule has 154 valence electrons. The van der Waals surface area contributed by atoms with Crippen LogP contribution in [0.1, 0.15) is 34.1 Å². The Morgan fingerprint density at radius 2 is 1.65 bits per heavy atom. The summed E-state index contributed by atoms with van der Waals surface area (Å²) in [6, 6.07) is 0. The minimum absolute atomic E-state index is 0.366. The van der Waals surface area contributed by atoms with E-state index < -0.39 is 54.3 Å². The normalized spacial score (nSPS) is 26.8. The molecule has 1 amide bonds. The molecule has 0 aromatic heterocycles. The van der Waals surface area contributed by atoms with Crippen LogP contribution in [0.5, 0.6) is 0 Å². The summed E-state index contributed by atoms with van der Waals surface area (Å²) in [5.41, 5.74) is -1.38. The Kier molecular flexibility index (Phi) is 7.39. The molecule has 0 radical (unpaired) electrons. The lowest BCUT2D eigenvalue weighted by molar-refractivity contribution is -0.201. The van der Waals surface area contributed by atoms with Crippen molar-refractivity contribution in [3.63, 3.8) is 0 Å². The number of aliphatic hydroxyl groups is 5. The number of hydrogen-bond acceptors (Lipinski definition) is 9. The van der Waals surface area contributed by atoms with Gasteiger partial charge in [0.1, 0.15) is 30.5 Å². The van der Waals surface area contributed by atoms with E-state index in [1.54, 1.807) is 13.8 Å². The van der Waals surface area contributed by atoms with Crippen LogP contribution < -0.4 is 0 Å². The molecular weight excluding hydrogens is 348 g/mol. The van der Waals surface area contributed by atoms with Crippen molar-refractivity contribution in [2.75, 3.05) is 20.2 Å². The minimum atomic E-state index is -1.77. The monoisotopic (exact) mass is 380 g/mol. The predicted octanol–water partition coefficient (Wildman–Crippen LogP) is -1.49. The van der Waals surface area contributed by atoms with Crippen LogP contribution in [0, 0.1) is 0 Å². The van der Waals surface area contributed by atoms with Gasteiger partial charge in [0.2, 0.25) is 0 Å². The van der Waals surface area contributed by atoms with Gasteiger partial charge in [0, 0.05) is 19.0 Å². The van der Waals surface area contributed by atoms with E-state index in [0.29, 0.717) is 6.42 Å². The van der Waals surface area contributed by atoms with Gasteiger partial charge in [0.15, 0.2) is 0 Å². The topological polar surface area (TPSA) is 154 Å². The fourth-order valence-corrected chi connectivity index (χ4v) is 3.13. The van der Waals surface area contributed by atoms with Gasteiger partial charge in [-0.25, -0.2) is 4.79 Å². The third-order valence-corrected chi connectivity index (χ3v) is 4.93. The highest BCUT2D eigenvalue weighted by molar-refractivity contribution is 5.67. The first-order valence-corrected chi connectivity index (χ1v) is 8.49. The molecule has 10 heteroatoms. The fraction of sp³-hybridized carbons (Fsp3) is 0.938. The van der Waals surface area contributed by atoms with E-state index in [1.165, 1.54) is 7.05 Å². The summed E-state index contributed by atoms with van der Waals surface area (Å²) in [7, 11) is 1.34. The average molecular weight is 380 g/mol. The molecular formula is C16H32N2O8. The summed E-state index contributed by atoms with van der Waals surface area (Å²) in [4.78, 5) is 13.3. The first-order chi connectivity index (χ1) is 11.8. The van der Waals surface area contributed by atoms with Crippen LogP contribution in [-0.4, -0.2) is 109 Å². The van der Waals surface area contributed by atoms with E-state index in [4.69, 9.17) is 9.84 Å². The molecule has 1 aliphatic heterocycles. The quantitative estimate of drug-likeness (QED) is 0.310. The number of rotatable bonds is 7. The van der Waals surface area contributed by atoms with Gasteiger partial charge in [-0.15, -0.1) is 0 Å². The Hall–Kier alpha value is -1.01. The van der Waals surface area contributed by atoms with Gasteiger partial charge < -0.3 is 40.4 Å². The zero-order chi connectivity index (χ0) is 20.4. The predicted molar refractivity (Wildman–Crippen MR) is 90.4 cm³/mol. The zero-order valence-corrected chi connectivity index (χ0v) is 15.9. The van der Waals surface area contributed by atoms with Crippen molar-refractivity contribution >= 4 is 6.09 Å². The summed E-state index contributed by atoms with van der Waals surface area (Å²) in [5.74, 6) is 0. The first-order valence-electron chi connectivity index (χ1n) is 8.49. The molecule has 0 bridgehead atoms. The van der Waals surface area contributed by atoms with Crippen LogP contribution in [0.25, 0.3) is 0 Å². The number of carbonyl (C=O) groups is 1. The third-order valence-electron chi connectivity index (χ3n) is 4.93. The van der Waals surface area contributed by atoms with Crippen molar-refractivity contribution < 1.29 is 40.3 Å². The molecule has 1 fully saturated rings. The lowest BCUT2D eigenvalue weighted by atomic mass is 9.97. The van der Waals surface area contributed by atoms with Crippen molar-refractivity contribution in [3.05, 3.63) is 0 Å². The highest BCUT2D eigenvalue weighted by Gasteiger charge is 2.53. The van der Waals surface area contributed by atoms with Crippen LogP contribution in [0.4, 0.5) is 4.79 Å². The van der Waals surface area contributed by atoms with E-state index in [-0.39, 0.29) is 6.54 Å². The maximum Gasteiger partial charge on any atom is 0.409 e. The average Bonchev–Trinajstić information content (AvgIpc) is 2.71. The Morgan fingerprint density at radius 1 is 1.15 bits per heavy atom. The number of ether oxygens (including phenoxy) is 1. The van der Waals surface area contributed by atoms with E-state index in [1.807, 2.05) is 13.8 Å². The van der Waals surface area contributed by atoms with Crippen LogP contribution in [0.2, 0.25) is 0 Å². The van der Waals surface area contributed by atoms with Crippen LogP contribution in [0.3, 0.4) is 0 Å². The Balaban J connectivity index is 2.66. The highest BCUT2D eigenvalue weighted by Crippen LogP contribution is 2.40. The molecule has 0 aromatic rings. The summed E-state index contributed by atoms with van der Waals surface area (Å²) in [5, 5.41) is 58.8. The standard InChI is InChI=1S/C16H32N2O8/c1-15(2)6-11(16(3,4)18(15)25)26-14(24)17(5)7-9(20)12(22)13(23)10(21)8-19/h9-13,19-23,25H,6-8H2,1-5H3. The Morgan fingerprint density at radius 3 is 2.08 bits per heavy atom. The smallest absolute Gasteiger partial charge is 0.409 e.